The van der Waals surface area contributed by atoms with E-state index < -0.39 is 17.6 Å². The smallest absolute Gasteiger partial charge is 0.416 e. The molecule has 0 atom stereocenters. The Morgan fingerprint density at radius 3 is 2.03 bits per heavy atom. The van der Waals surface area contributed by atoms with Crippen molar-refractivity contribution in [1.82, 2.24) is 5.32 Å². The topological polar surface area (TPSA) is 56.8 Å². The van der Waals surface area contributed by atoms with Gasteiger partial charge in [-0.1, -0.05) is 12.1 Å². The monoisotopic (exact) mass is 411 g/mol. The van der Waals surface area contributed by atoms with Gasteiger partial charge >= 0.3 is 6.18 Å². The molecule has 2 rings (SSSR count). The Morgan fingerprint density at radius 2 is 1.52 bits per heavy atom. The van der Waals surface area contributed by atoms with E-state index in [1.54, 1.807) is 13.8 Å². The van der Waals surface area contributed by atoms with E-state index in [1.165, 1.54) is 24.3 Å². The molecule has 8 heteroatoms. The van der Waals surface area contributed by atoms with Crippen molar-refractivity contribution in [3.63, 3.8) is 0 Å². The average Bonchev–Trinajstić information content (AvgIpc) is 2.68. The van der Waals surface area contributed by atoms with Crippen molar-refractivity contribution in [2.75, 3.05) is 19.8 Å². The summed E-state index contributed by atoms with van der Waals surface area (Å²) in [7, 11) is 0. The second-order valence-corrected chi connectivity index (χ2v) is 5.98. The Bertz CT molecular complexity index is 810. The molecule has 1 N–H and O–H groups in total. The van der Waals surface area contributed by atoms with E-state index in [0.29, 0.717) is 42.6 Å². The van der Waals surface area contributed by atoms with Crippen molar-refractivity contribution in [2.24, 2.45) is 0 Å². The van der Waals surface area contributed by atoms with Crippen LogP contribution in [0.5, 0.6) is 17.2 Å². The van der Waals surface area contributed by atoms with E-state index in [2.05, 4.69) is 5.32 Å². The molecule has 0 saturated heterocycles. The zero-order valence-electron chi connectivity index (χ0n) is 16.6. The summed E-state index contributed by atoms with van der Waals surface area (Å²) in [4.78, 5) is 12.6. The van der Waals surface area contributed by atoms with Gasteiger partial charge in [0.15, 0.2) is 11.5 Å². The molecule has 29 heavy (non-hydrogen) atoms. The second kappa shape index (κ2) is 10.0. The molecule has 0 fully saturated rings. The molecule has 0 radical (unpaired) electrons. The van der Waals surface area contributed by atoms with Crippen LogP contribution < -0.4 is 19.5 Å². The number of rotatable bonds is 9. The van der Waals surface area contributed by atoms with Crippen LogP contribution in [0.4, 0.5) is 13.2 Å². The van der Waals surface area contributed by atoms with Crippen molar-refractivity contribution in [3.05, 3.63) is 53.1 Å². The first kappa shape index (κ1) is 22.4. The number of alkyl halides is 3. The van der Waals surface area contributed by atoms with E-state index in [0.717, 1.165) is 12.1 Å². The van der Waals surface area contributed by atoms with Crippen molar-refractivity contribution < 1.29 is 32.2 Å². The van der Waals surface area contributed by atoms with Crippen molar-refractivity contribution in [3.8, 4) is 17.2 Å². The molecule has 0 bridgehead atoms. The highest BCUT2D eigenvalue weighted by molar-refractivity contribution is 5.95. The number of carbonyl (C=O) groups excluding carboxylic acids is 1. The molecular formula is C21H24F3NO4. The standard InChI is InChI=1S/C21H24F3NO4/c1-4-27-17-11-15(12-18(28-5-2)19(17)29-6-3)20(26)25-13-14-8-7-9-16(10-14)21(22,23)24/h7-12H,4-6,13H2,1-3H3,(H,25,26). The number of halogens is 3. The van der Waals surface area contributed by atoms with Crippen LogP contribution in [0.2, 0.25) is 0 Å². The van der Waals surface area contributed by atoms with Crippen molar-refractivity contribution in [2.45, 2.75) is 33.5 Å². The van der Waals surface area contributed by atoms with E-state index in [-0.39, 0.29) is 12.1 Å². The maximum Gasteiger partial charge on any atom is 0.416 e. The SMILES string of the molecule is CCOc1cc(C(=O)NCc2cccc(C(F)(F)F)c2)cc(OCC)c1OCC. The van der Waals surface area contributed by atoms with Gasteiger partial charge in [0.1, 0.15) is 0 Å². The van der Waals surface area contributed by atoms with Crippen LogP contribution in [-0.2, 0) is 12.7 Å². The van der Waals surface area contributed by atoms with Crippen LogP contribution in [-0.4, -0.2) is 25.7 Å². The van der Waals surface area contributed by atoms with Gasteiger partial charge in [0.2, 0.25) is 5.75 Å². The number of benzene rings is 2. The molecular weight excluding hydrogens is 387 g/mol. The normalized spacial score (nSPS) is 11.1. The lowest BCUT2D eigenvalue weighted by Crippen LogP contribution is -2.23. The Hall–Kier alpha value is -2.90. The lowest BCUT2D eigenvalue weighted by Gasteiger charge is -2.17. The Kier molecular flexibility index (Phi) is 7.75. The fourth-order valence-corrected chi connectivity index (χ4v) is 2.66. The lowest BCUT2D eigenvalue weighted by molar-refractivity contribution is -0.137. The highest BCUT2D eigenvalue weighted by atomic mass is 19.4. The maximum atomic E-state index is 12.8. The molecule has 2 aromatic carbocycles. The molecule has 0 aliphatic rings. The summed E-state index contributed by atoms with van der Waals surface area (Å²) in [6.07, 6.45) is -4.44. The molecule has 0 saturated carbocycles. The predicted octanol–water partition coefficient (Wildman–Crippen LogP) is 4.83. The Balaban J connectivity index is 2.23. The van der Waals surface area contributed by atoms with Gasteiger partial charge in [-0.25, -0.2) is 0 Å². The number of ether oxygens (including phenoxy) is 3. The summed E-state index contributed by atoms with van der Waals surface area (Å²) in [5.74, 6) is 0.673. The zero-order valence-corrected chi connectivity index (χ0v) is 16.6. The van der Waals surface area contributed by atoms with E-state index >= 15 is 0 Å². The molecule has 0 unspecified atom stereocenters. The molecule has 0 aliphatic heterocycles. The number of hydrogen-bond donors (Lipinski definition) is 1. The molecule has 158 valence electrons. The average molecular weight is 411 g/mol. The molecule has 5 nitrogen and oxygen atoms in total. The molecule has 0 heterocycles. The Morgan fingerprint density at radius 1 is 0.931 bits per heavy atom. The van der Waals surface area contributed by atoms with Gasteiger partial charge in [0, 0.05) is 12.1 Å². The Labute approximate surface area is 167 Å². The minimum Gasteiger partial charge on any atom is -0.490 e. The van der Waals surface area contributed by atoms with Crippen LogP contribution in [0, 0.1) is 0 Å². The van der Waals surface area contributed by atoms with Crippen LogP contribution in [0.15, 0.2) is 36.4 Å². The quantitative estimate of drug-likeness (QED) is 0.642. The fraction of sp³-hybridized carbons (Fsp3) is 0.381. The fourth-order valence-electron chi connectivity index (χ4n) is 2.66. The number of amides is 1. The minimum absolute atomic E-state index is 0.0517. The van der Waals surface area contributed by atoms with Crippen LogP contribution in [0.1, 0.15) is 42.3 Å². The van der Waals surface area contributed by atoms with Gasteiger partial charge in [0.25, 0.3) is 5.91 Å². The largest absolute Gasteiger partial charge is 0.490 e. The second-order valence-electron chi connectivity index (χ2n) is 5.98. The summed E-state index contributed by atoms with van der Waals surface area (Å²) < 4.78 is 55.3. The minimum atomic E-state index is -4.44. The van der Waals surface area contributed by atoms with E-state index in [1.807, 2.05) is 6.92 Å². The summed E-state index contributed by atoms with van der Waals surface area (Å²) in [5, 5.41) is 2.63. The van der Waals surface area contributed by atoms with Gasteiger partial charge < -0.3 is 19.5 Å². The van der Waals surface area contributed by atoms with Gasteiger partial charge in [-0.05, 0) is 50.6 Å². The van der Waals surface area contributed by atoms with Crippen molar-refractivity contribution in [1.29, 1.82) is 0 Å². The highest BCUT2D eigenvalue weighted by Gasteiger charge is 2.30. The van der Waals surface area contributed by atoms with Crippen molar-refractivity contribution >= 4 is 5.91 Å². The first-order valence-corrected chi connectivity index (χ1v) is 9.30. The first-order chi connectivity index (χ1) is 13.8. The highest BCUT2D eigenvalue weighted by Crippen LogP contribution is 2.39. The van der Waals surface area contributed by atoms with Gasteiger partial charge in [0.05, 0.1) is 25.4 Å². The van der Waals surface area contributed by atoms with E-state index in [4.69, 9.17) is 14.2 Å². The molecule has 2 aromatic rings. The molecule has 0 aliphatic carbocycles. The zero-order chi connectivity index (χ0) is 21.4. The molecule has 1 amide bonds. The van der Waals surface area contributed by atoms with Crippen LogP contribution >= 0.6 is 0 Å². The third-order valence-electron chi connectivity index (χ3n) is 3.88. The third-order valence-corrected chi connectivity index (χ3v) is 3.88. The van der Waals surface area contributed by atoms with Gasteiger partial charge in [-0.15, -0.1) is 0 Å². The number of hydrogen-bond acceptors (Lipinski definition) is 4. The van der Waals surface area contributed by atoms with E-state index in [9.17, 15) is 18.0 Å². The molecule has 0 aromatic heterocycles. The third kappa shape index (κ3) is 6.04. The van der Waals surface area contributed by atoms with Crippen LogP contribution in [0.25, 0.3) is 0 Å². The summed E-state index contributed by atoms with van der Waals surface area (Å²) in [6, 6.07) is 7.87. The van der Waals surface area contributed by atoms with Gasteiger partial charge in [-0.2, -0.15) is 13.2 Å². The first-order valence-electron chi connectivity index (χ1n) is 9.30. The maximum absolute atomic E-state index is 12.8. The number of carbonyl (C=O) groups is 1. The van der Waals surface area contributed by atoms with Gasteiger partial charge in [-0.3, -0.25) is 4.79 Å². The lowest BCUT2D eigenvalue weighted by atomic mass is 10.1. The van der Waals surface area contributed by atoms with Crippen LogP contribution in [0.3, 0.4) is 0 Å². The summed E-state index contributed by atoms with van der Waals surface area (Å²) >= 11 is 0. The molecule has 0 spiro atoms. The number of nitrogens with one attached hydrogen (secondary N) is 1. The summed E-state index contributed by atoms with van der Waals surface area (Å²) in [6.45, 7) is 6.49. The predicted molar refractivity (Wildman–Crippen MR) is 103 cm³/mol. The summed E-state index contributed by atoms with van der Waals surface area (Å²) in [5.41, 5.74) is -0.163.